The molecule has 1 unspecified atom stereocenters. The van der Waals surface area contributed by atoms with Crippen molar-refractivity contribution in [1.29, 1.82) is 0 Å². The maximum Gasteiger partial charge on any atom is 0.334 e. The van der Waals surface area contributed by atoms with Crippen LogP contribution in [0.2, 0.25) is 0 Å². The maximum atomic E-state index is 13.9. The van der Waals surface area contributed by atoms with E-state index in [4.69, 9.17) is 4.74 Å². The second-order valence-electron chi connectivity index (χ2n) is 11.1. The number of nitrogens with zero attached hydrogens (tertiary/aromatic N) is 4. The lowest BCUT2D eigenvalue weighted by atomic mass is 9.98. The molecule has 2 saturated heterocycles. The third-order valence-corrected chi connectivity index (χ3v) is 8.10. The van der Waals surface area contributed by atoms with Gasteiger partial charge < -0.3 is 25.0 Å². The molecule has 2 N–H and O–H groups in total. The van der Waals surface area contributed by atoms with Crippen LogP contribution in [0.5, 0.6) is 11.5 Å². The molecular weight excluding hydrogens is 546 g/mol. The van der Waals surface area contributed by atoms with Gasteiger partial charge in [0.15, 0.2) is 0 Å². The Bertz CT molecular complexity index is 1400. The van der Waals surface area contributed by atoms with Crippen molar-refractivity contribution < 1.29 is 24.2 Å². The lowest BCUT2D eigenvalue weighted by Crippen LogP contribution is -2.76. The predicted octanol–water partition coefficient (Wildman–Crippen LogP) is 3.40. The van der Waals surface area contributed by atoms with Gasteiger partial charge in [-0.3, -0.25) is 9.59 Å². The van der Waals surface area contributed by atoms with Crippen LogP contribution >= 0.6 is 0 Å². The summed E-state index contributed by atoms with van der Waals surface area (Å²) in [6.45, 7) is 1.03. The Kier molecular flexibility index (Phi) is 9.46. The molecule has 3 aromatic carbocycles. The molecule has 5 rings (SSSR count). The summed E-state index contributed by atoms with van der Waals surface area (Å²) in [5.41, 5.74) is 2.98. The summed E-state index contributed by atoms with van der Waals surface area (Å²) < 4.78 is 5.22. The van der Waals surface area contributed by atoms with Crippen LogP contribution in [0.3, 0.4) is 0 Å². The van der Waals surface area contributed by atoms with Gasteiger partial charge in [0, 0.05) is 26.6 Å². The number of phenols is 1. The van der Waals surface area contributed by atoms with Crippen molar-refractivity contribution in [3.05, 3.63) is 95.6 Å². The van der Waals surface area contributed by atoms with Crippen molar-refractivity contribution in [3.63, 3.8) is 0 Å². The van der Waals surface area contributed by atoms with E-state index in [0.29, 0.717) is 13.1 Å². The van der Waals surface area contributed by atoms with E-state index in [9.17, 15) is 19.5 Å². The minimum Gasteiger partial charge on any atom is -0.508 e. The Morgan fingerprint density at radius 3 is 2.33 bits per heavy atom. The number of hydrogen-bond donors (Lipinski definition) is 2. The molecular formula is C33H39N5O5. The lowest BCUT2D eigenvalue weighted by Gasteiger charge is -2.54. The Labute approximate surface area is 252 Å². The number of aromatic hydroxyl groups is 1. The Morgan fingerprint density at radius 2 is 1.63 bits per heavy atom. The van der Waals surface area contributed by atoms with E-state index in [1.165, 1.54) is 5.56 Å². The number of unbranched alkanes of at least 4 members (excludes halogenated alkanes) is 1. The van der Waals surface area contributed by atoms with Crippen LogP contribution in [-0.2, 0) is 29.0 Å². The van der Waals surface area contributed by atoms with Gasteiger partial charge in [0.25, 0.3) is 0 Å². The Balaban J connectivity index is 1.35. The number of amides is 4. The SMILES string of the molecule is COc1ccc(CNC(=O)N2C3CN(CCCCc4ccccc4)C(=O)[C@H](Cc4ccc(O)cc4)N3C(=O)CN2C)cc1. The monoisotopic (exact) mass is 585 g/mol. The van der Waals surface area contributed by atoms with Crippen LogP contribution in [0.25, 0.3) is 0 Å². The predicted molar refractivity (Wildman–Crippen MR) is 162 cm³/mol. The first-order valence-electron chi connectivity index (χ1n) is 14.7. The highest BCUT2D eigenvalue weighted by Gasteiger charge is 2.50. The van der Waals surface area contributed by atoms with Crippen molar-refractivity contribution in [3.8, 4) is 11.5 Å². The van der Waals surface area contributed by atoms with Gasteiger partial charge in [-0.15, -0.1) is 0 Å². The van der Waals surface area contributed by atoms with Crippen molar-refractivity contribution in [2.45, 2.75) is 44.4 Å². The number of hydrogen-bond acceptors (Lipinski definition) is 6. The van der Waals surface area contributed by atoms with E-state index < -0.39 is 12.2 Å². The Hall–Kier alpha value is -4.57. The molecule has 226 valence electrons. The summed E-state index contributed by atoms with van der Waals surface area (Å²) in [5, 5.41) is 16.0. The van der Waals surface area contributed by atoms with Crippen molar-refractivity contribution >= 4 is 17.8 Å². The van der Waals surface area contributed by atoms with Gasteiger partial charge in [0.1, 0.15) is 23.7 Å². The van der Waals surface area contributed by atoms with E-state index in [1.807, 2.05) is 42.5 Å². The van der Waals surface area contributed by atoms with Crippen LogP contribution in [0.15, 0.2) is 78.9 Å². The quantitative estimate of drug-likeness (QED) is 0.354. The largest absolute Gasteiger partial charge is 0.508 e. The Morgan fingerprint density at radius 1 is 0.930 bits per heavy atom. The third kappa shape index (κ3) is 7.09. The smallest absolute Gasteiger partial charge is 0.334 e. The van der Waals surface area contributed by atoms with Crippen LogP contribution in [0.4, 0.5) is 4.79 Å². The number of urea groups is 1. The fraction of sp³-hybridized carbons (Fsp3) is 0.364. The molecule has 2 aliphatic rings. The first-order chi connectivity index (χ1) is 20.8. The van der Waals surface area contributed by atoms with Gasteiger partial charge in [0.2, 0.25) is 11.8 Å². The highest BCUT2D eigenvalue weighted by molar-refractivity contribution is 5.91. The van der Waals surface area contributed by atoms with Crippen LogP contribution in [0, 0.1) is 0 Å². The number of nitrogens with one attached hydrogen (secondary N) is 1. The number of rotatable bonds is 10. The first kappa shape index (κ1) is 29.9. The second kappa shape index (κ2) is 13.6. The fourth-order valence-electron chi connectivity index (χ4n) is 5.84. The number of benzene rings is 3. The van der Waals surface area contributed by atoms with Crippen LogP contribution in [0.1, 0.15) is 29.5 Å². The van der Waals surface area contributed by atoms with Gasteiger partial charge >= 0.3 is 6.03 Å². The summed E-state index contributed by atoms with van der Waals surface area (Å²) in [6.07, 6.45) is 2.25. The van der Waals surface area contributed by atoms with E-state index in [0.717, 1.165) is 36.1 Å². The summed E-state index contributed by atoms with van der Waals surface area (Å²) in [6, 6.07) is 23.3. The molecule has 2 heterocycles. The molecule has 3 aromatic rings. The molecule has 4 amide bonds. The first-order valence-corrected chi connectivity index (χ1v) is 14.7. The fourth-order valence-corrected chi connectivity index (χ4v) is 5.84. The van der Waals surface area contributed by atoms with E-state index >= 15 is 0 Å². The summed E-state index contributed by atoms with van der Waals surface area (Å²) in [4.78, 5) is 44.4. The zero-order valence-corrected chi connectivity index (χ0v) is 24.7. The van der Waals surface area contributed by atoms with Crippen LogP contribution < -0.4 is 10.1 Å². The van der Waals surface area contributed by atoms with E-state index in [1.54, 1.807) is 58.2 Å². The van der Waals surface area contributed by atoms with Gasteiger partial charge in [-0.25, -0.2) is 14.8 Å². The summed E-state index contributed by atoms with van der Waals surface area (Å²) in [7, 11) is 3.32. The molecule has 10 heteroatoms. The molecule has 0 aromatic heterocycles. The lowest BCUT2D eigenvalue weighted by molar-refractivity contribution is -0.186. The summed E-state index contributed by atoms with van der Waals surface area (Å²) >= 11 is 0. The highest BCUT2D eigenvalue weighted by atomic mass is 16.5. The average molecular weight is 586 g/mol. The molecule has 0 bridgehead atoms. The molecule has 0 radical (unpaired) electrons. The number of piperazine rings is 1. The maximum absolute atomic E-state index is 13.9. The molecule has 0 saturated carbocycles. The number of carbonyl (C=O) groups excluding carboxylic acids is 3. The second-order valence-corrected chi connectivity index (χ2v) is 11.1. The van der Waals surface area contributed by atoms with Gasteiger partial charge in [-0.05, 0) is 60.2 Å². The molecule has 0 spiro atoms. The number of hydrazine groups is 1. The molecule has 2 atom stereocenters. The normalized spacial score (nSPS) is 18.9. The minimum atomic E-state index is -0.768. The van der Waals surface area contributed by atoms with Gasteiger partial charge in [0.05, 0.1) is 20.2 Å². The third-order valence-electron chi connectivity index (χ3n) is 8.10. The number of ether oxygens (including phenoxy) is 1. The minimum absolute atomic E-state index is 0.0249. The van der Waals surface area contributed by atoms with Gasteiger partial charge in [-0.2, -0.15) is 0 Å². The molecule has 2 aliphatic heterocycles. The van der Waals surface area contributed by atoms with Gasteiger partial charge in [-0.1, -0.05) is 54.6 Å². The van der Waals surface area contributed by atoms with E-state index in [-0.39, 0.29) is 43.1 Å². The average Bonchev–Trinajstić information content (AvgIpc) is 3.01. The topological polar surface area (TPSA) is 106 Å². The highest BCUT2D eigenvalue weighted by Crippen LogP contribution is 2.28. The standard InChI is InChI=1S/C33H39N5O5/c1-35-23-31(40)37-29(20-25-11-15-27(39)16-12-25)32(41)36(19-7-6-10-24-8-4-3-5-9-24)22-30(37)38(35)33(42)34-21-26-13-17-28(43-2)18-14-26/h3-5,8-9,11-18,29-30,39H,6-7,10,19-23H2,1-2H3,(H,34,42)/t29-,30?/m0/s1. The number of phenolic OH excluding ortho intramolecular Hbond substituents is 1. The zero-order valence-electron chi connectivity index (χ0n) is 24.7. The molecule has 2 fully saturated rings. The molecule has 43 heavy (non-hydrogen) atoms. The van der Waals surface area contributed by atoms with Crippen molar-refractivity contribution in [2.75, 3.05) is 33.8 Å². The van der Waals surface area contributed by atoms with Crippen molar-refractivity contribution in [1.82, 2.24) is 25.1 Å². The van der Waals surface area contributed by atoms with Crippen LogP contribution in [-0.4, -0.2) is 88.8 Å². The number of fused-ring (bicyclic) bond motifs is 1. The number of aryl methyl sites for hydroxylation is 1. The zero-order chi connectivity index (χ0) is 30.3. The molecule has 0 aliphatic carbocycles. The number of likely N-dealkylation sites (N-methyl/N-ethyl adjacent to an activating group) is 1. The van der Waals surface area contributed by atoms with Crippen molar-refractivity contribution in [2.24, 2.45) is 0 Å². The van der Waals surface area contributed by atoms with E-state index in [2.05, 4.69) is 17.4 Å². The molecule has 10 nitrogen and oxygen atoms in total. The summed E-state index contributed by atoms with van der Waals surface area (Å²) in [5.74, 6) is 0.538. The number of methoxy groups -OCH3 is 1. The number of carbonyl (C=O) groups is 3.